The maximum atomic E-state index is 12.9. The second-order valence-corrected chi connectivity index (χ2v) is 2.48. The van der Waals surface area contributed by atoms with Crippen molar-refractivity contribution in [3.63, 3.8) is 0 Å². The lowest BCUT2D eigenvalue weighted by molar-refractivity contribution is 0.291. The van der Waals surface area contributed by atoms with Crippen molar-refractivity contribution in [2.45, 2.75) is 6.42 Å². The summed E-state index contributed by atoms with van der Waals surface area (Å²) in [6, 6.07) is 3.61. The maximum Gasteiger partial charge on any atom is 0.190 e. The minimum Gasteiger partial charge on any atom is -0.487 e. The van der Waals surface area contributed by atoms with Crippen LogP contribution in [0.15, 0.2) is 30.9 Å². The fourth-order valence-electron chi connectivity index (χ4n) is 0.865. The lowest BCUT2D eigenvalue weighted by Crippen LogP contribution is -2.00. The number of halogens is 2. The lowest BCUT2D eigenvalue weighted by Gasteiger charge is -2.05. The molecule has 0 atom stereocenters. The van der Waals surface area contributed by atoms with E-state index >= 15 is 0 Å². The van der Waals surface area contributed by atoms with Gasteiger partial charge in [0.15, 0.2) is 17.4 Å². The second-order valence-electron chi connectivity index (χ2n) is 2.48. The van der Waals surface area contributed by atoms with E-state index in [1.807, 2.05) is 0 Å². The van der Waals surface area contributed by atoms with E-state index < -0.39 is 11.6 Å². The van der Waals surface area contributed by atoms with Crippen molar-refractivity contribution in [3.05, 3.63) is 42.5 Å². The van der Waals surface area contributed by atoms with Gasteiger partial charge in [-0.2, -0.15) is 0 Å². The molecular formula is C10H10F2O. The number of benzene rings is 1. The Morgan fingerprint density at radius 1 is 1.31 bits per heavy atom. The summed E-state index contributed by atoms with van der Waals surface area (Å²) in [7, 11) is 0. The predicted octanol–water partition coefficient (Wildman–Crippen LogP) is 2.92. The predicted molar refractivity (Wildman–Crippen MR) is 46.7 cm³/mol. The molecule has 0 N–H and O–H groups in total. The molecule has 1 aromatic rings. The first-order valence-electron chi connectivity index (χ1n) is 3.93. The molecule has 0 fully saturated rings. The molecule has 0 aliphatic carbocycles. The Morgan fingerprint density at radius 3 is 2.46 bits per heavy atom. The standard InChI is InChI=1S/C10H10F2O/c1-2-3-7-13-10-8(11)5-4-6-9(10)12/h2,4-6H,1,3,7H2. The fraction of sp³-hybridized carbons (Fsp3) is 0.200. The van der Waals surface area contributed by atoms with Crippen LogP contribution in [-0.2, 0) is 0 Å². The minimum absolute atomic E-state index is 0.237. The molecule has 0 saturated heterocycles. The third-order valence-corrected chi connectivity index (χ3v) is 1.49. The molecule has 0 amide bonds. The first-order chi connectivity index (χ1) is 6.25. The van der Waals surface area contributed by atoms with Crippen LogP contribution in [0.2, 0.25) is 0 Å². The monoisotopic (exact) mass is 184 g/mol. The van der Waals surface area contributed by atoms with E-state index in [0.29, 0.717) is 6.42 Å². The van der Waals surface area contributed by atoms with Gasteiger partial charge < -0.3 is 4.74 Å². The average molecular weight is 184 g/mol. The third kappa shape index (κ3) is 2.54. The van der Waals surface area contributed by atoms with Gasteiger partial charge in [0, 0.05) is 0 Å². The van der Waals surface area contributed by atoms with Gasteiger partial charge in [0.1, 0.15) is 0 Å². The van der Waals surface area contributed by atoms with Gasteiger partial charge in [-0.25, -0.2) is 8.78 Å². The van der Waals surface area contributed by atoms with E-state index in [-0.39, 0.29) is 12.4 Å². The molecule has 0 aromatic heterocycles. The van der Waals surface area contributed by atoms with Crippen LogP contribution in [0, 0.1) is 11.6 Å². The van der Waals surface area contributed by atoms with Gasteiger partial charge in [-0.1, -0.05) is 12.1 Å². The van der Waals surface area contributed by atoms with Crippen LogP contribution in [0.25, 0.3) is 0 Å². The largest absolute Gasteiger partial charge is 0.487 e. The number of ether oxygens (including phenoxy) is 1. The number of para-hydroxylation sites is 1. The quantitative estimate of drug-likeness (QED) is 0.516. The highest BCUT2D eigenvalue weighted by atomic mass is 19.1. The van der Waals surface area contributed by atoms with Gasteiger partial charge in [0.2, 0.25) is 0 Å². The van der Waals surface area contributed by atoms with Crippen molar-refractivity contribution in [3.8, 4) is 5.75 Å². The Labute approximate surface area is 75.6 Å². The molecule has 0 aliphatic heterocycles. The van der Waals surface area contributed by atoms with Crippen molar-refractivity contribution in [1.82, 2.24) is 0 Å². The molecule has 3 heteroatoms. The van der Waals surface area contributed by atoms with Gasteiger partial charge >= 0.3 is 0 Å². The lowest BCUT2D eigenvalue weighted by atomic mass is 10.3. The van der Waals surface area contributed by atoms with Gasteiger partial charge in [-0.3, -0.25) is 0 Å². The SMILES string of the molecule is C=CCCOc1c(F)cccc1F. The summed E-state index contributed by atoms with van der Waals surface area (Å²) in [5.41, 5.74) is 0. The molecule has 1 aromatic carbocycles. The summed E-state index contributed by atoms with van der Waals surface area (Å²) in [6.45, 7) is 3.71. The molecular weight excluding hydrogens is 174 g/mol. The Morgan fingerprint density at radius 2 is 1.92 bits per heavy atom. The smallest absolute Gasteiger partial charge is 0.190 e. The Balaban J connectivity index is 2.69. The zero-order valence-corrected chi connectivity index (χ0v) is 7.09. The van der Waals surface area contributed by atoms with E-state index in [1.165, 1.54) is 6.07 Å². The van der Waals surface area contributed by atoms with Crippen molar-refractivity contribution in [2.24, 2.45) is 0 Å². The summed E-state index contributed by atoms with van der Waals surface area (Å²) in [6.07, 6.45) is 2.19. The molecule has 0 heterocycles. The normalized spacial score (nSPS) is 9.69. The Kier molecular flexibility index (Phi) is 3.43. The van der Waals surface area contributed by atoms with E-state index in [1.54, 1.807) is 6.08 Å². The van der Waals surface area contributed by atoms with E-state index in [9.17, 15) is 8.78 Å². The summed E-state index contributed by atoms with van der Waals surface area (Å²) in [5, 5.41) is 0. The van der Waals surface area contributed by atoms with Crippen LogP contribution >= 0.6 is 0 Å². The average Bonchev–Trinajstić information content (AvgIpc) is 2.10. The van der Waals surface area contributed by atoms with Gasteiger partial charge in [-0.05, 0) is 18.6 Å². The van der Waals surface area contributed by atoms with Crippen molar-refractivity contribution in [2.75, 3.05) is 6.61 Å². The minimum atomic E-state index is -0.677. The Hall–Kier alpha value is -1.38. The molecule has 0 aliphatic rings. The fourth-order valence-corrected chi connectivity index (χ4v) is 0.865. The molecule has 0 saturated carbocycles. The third-order valence-electron chi connectivity index (χ3n) is 1.49. The van der Waals surface area contributed by atoms with Crippen LogP contribution < -0.4 is 4.74 Å². The molecule has 0 radical (unpaired) electrons. The highest BCUT2D eigenvalue weighted by Gasteiger charge is 2.08. The van der Waals surface area contributed by atoms with Crippen molar-refractivity contribution in [1.29, 1.82) is 0 Å². The number of hydrogen-bond donors (Lipinski definition) is 0. The molecule has 0 unspecified atom stereocenters. The van der Waals surface area contributed by atoms with Crippen LogP contribution in [0.1, 0.15) is 6.42 Å². The van der Waals surface area contributed by atoms with Crippen molar-refractivity contribution < 1.29 is 13.5 Å². The van der Waals surface area contributed by atoms with Gasteiger partial charge in [0.05, 0.1) is 6.61 Å². The van der Waals surface area contributed by atoms with E-state index in [2.05, 4.69) is 6.58 Å². The molecule has 1 nitrogen and oxygen atoms in total. The zero-order chi connectivity index (χ0) is 9.68. The molecule has 70 valence electrons. The second kappa shape index (κ2) is 4.60. The highest BCUT2D eigenvalue weighted by Crippen LogP contribution is 2.20. The van der Waals surface area contributed by atoms with Gasteiger partial charge in [0.25, 0.3) is 0 Å². The van der Waals surface area contributed by atoms with Crippen LogP contribution in [-0.4, -0.2) is 6.61 Å². The first-order valence-corrected chi connectivity index (χ1v) is 3.93. The zero-order valence-electron chi connectivity index (χ0n) is 7.09. The summed E-state index contributed by atoms with van der Waals surface area (Å²) < 4.78 is 30.7. The van der Waals surface area contributed by atoms with Gasteiger partial charge in [-0.15, -0.1) is 6.58 Å². The van der Waals surface area contributed by atoms with E-state index in [4.69, 9.17) is 4.74 Å². The molecule has 0 spiro atoms. The van der Waals surface area contributed by atoms with Crippen LogP contribution in [0.5, 0.6) is 5.75 Å². The summed E-state index contributed by atoms with van der Waals surface area (Å²) in [5.74, 6) is -1.67. The van der Waals surface area contributed by atoms with Crippen molar-refractivity contribution >= 4 is 0 Å². The highest BCUT2D eigenvalue weighted by molar-refractivity contribution is 5.25. The topological polar surface area (TPSA) is 9.23 Å². The maximum absolute atomic E-state index is 12.9. The van der Waals surface area contributed by atoms with Crippen LogP contribution in [0.4, 0.5) is 8.78 Å². The molecule has 1 rings (SSSR count). The van der Waals surface area contributed by atoms with E-state index in [0.717, 1.165) is 12.1 Å². The number of rotatable bonds is 4. The van der Waals surface area contributed by atoms with Crippen LogP contribution in [0.3, 0.4) is 0 Å². The summed E-state index contributed by atoms with van der Waals surface area (Å²) >= 11 is 0. The molecule has 13 heavy (non-hydrogen) atoms. The first kappa shape index (κ1) is 9.71. The molecule has 0 bridgehead atoms. The summed E-state index contributed by atoms with van der Waals surface area (Å²) in [4.78, 5) is 0. The number of hydrogen-bond acceptors (Lipinski definition) is 1. The Bertz CT molecular complexity index is 277.